The third-order valence-corrected chi connectivity index (χ3v) is 13.2. The van der Waals surface area contributed by atoms with E-state index >= 15 is 0 Å². The van der Waals surface area contributed by atoms with E-state index in [4.69, 9.17) is 13.8 Å². The van der Waals surface area contributed by atoms with Crippen LogP contribution in [0.1, 0.15) is 245 Å². The van der Waals surface area contributed by atoms with Crippen LogP contribution in [0.15, 0.2) is 60.8 Å². The van der Waals surface area contributed by atoms with Gasteiger partial charge in [-0.2, -0.15) is 0 Å². The van der Waals surface area contributed by atoms with E-state index in [0.717, 1.165) is 103 Å². The molecule has 1 amide bonds. The quantitative estimate of drug-likeness (QED) is 0.0161. The number of rotatable bonds is 50. The van der Waals surface area contributed by atoms with Gasteiger partial charge in [0.15, 0.2) is 0 Å². The summed E-state index contributed by atoms with van der Waals surface area (Å²) in [5.74, 6) is -0.564. The van der Waals surface area contributed by atoms with Crippen LogP contribution in [0.3, 0.4) is 0 Å². The Morgan fingerprint density at radius 3 is 1.51 bits per heavy atom. The summed E-state index contributed by atoms with van der Waals surface area (Å²) < 4.78 is 30.2. The van der Waals surface area contributed by atoms with Gasteiger partial charge in [-0.05, 0) is 83.1 Å². The first-order valence-electron chi connectivity index (χ1n) is 28.1. The number of nitrogens with zero attached hydrogens (tertiary/aromatic N) is 1. The second-order valence-corrected chi connectivity index (χ2v) is 21.5. The molecule has 0 radical (unpaired) electrons. The number of amides is 1. The van der Waals surface area contributed by atoms with Crippen LogP contribution >= 0.6 is 7.82 Å². The Balaban J connectivity index is 5.42. The van der Waals surface area contributed by atoms with Crippen molar-refractivity contribution in [2.45, 2.75) is 258 Å². The van der Waals surface area contributed by atoms with Crippen LogP contribution in [0.5, 0.6) is 0 Å². The number of carbonyl (C=O) groups is 2. The van der Waals surface area contributed by atoms with Gasteiger partial charge in [-0.3, -0.25) is 14.2 Å². The van der Waals surface area contributed by atoms with E-state index < -0.39 is 26.6 Å². The van der Waals surface area contributed by atoms with Crippen LogP contribution in [-0.4, -0.2) is 69.4 Å². The highest BCUT2D eigenvalue weighted by molar-refractivity contribution is 7.45. The first-order valence-corrected chi connectivity index (χ1v) is 29.6. The number of phosphoric ester groups is 1. The van der Waals surface area contributed by atoms with Gasteiger partial charge in [0.1, 0.15) is 19.3 Å². The molecule has 0 aliphatic carbocycles. The normalized spacial score (nSPS) is 14.3. The Hall–Kier alpha value is -2.29. The van der Waals surface area contributed by atoms with Crippen molar-refractivity contribution in [1.82, 2.24) is 5.32 Å². The van der Waals surface area contributed by atoms with Crippen molar-refractivity contribution in [2.75, 3.05) is 40.9 Å². The Labute approximate surface area is 420 Å². The number of carbonyl (C=O) groups excluding carboxylic acids is 2. The largest absolute Gasteiger partial charge is 0.756 e. The minimum atomic E-state index is -4.70. The first kappa shape index (κ1) is 65.7. The fourth-order valence-electron chi connectivity index (χ4n) is 7.84. The Morgan fingerprint density at radius 1 is 0.544 bits per heavy atom. The van der Waals surface area contributed by atoms with Gasteiger partial charge in [-0.15, -0.1) is 0 Å². The highest BCUT2D eigenvalue weighted by Gasteiger charge is 2.27. The molecular weight excluding hydrogens is 868 g/mol. The molecule has 0 aliphatic heterocycles. The van der Waals surface area contributed by atoms with Gasteiger partial charge in [0.25, 0.3) is 7.82 Å². The lowest BCUT2D eigenvalue weighted by Crippen LogP contribution is -2.47. The van der Waals surface area contributed by atoms with E-state index in [0.29, 0.717) is 23.9 Å². The van der Waals surface area contributed by atoms with Crippen molar-refractivity contribution in [3.63, 3.8) is 0 Å². The van der Waals surface area contributed by atoms with Gasteiger partial charge in [0.05, 0.1) is 33.8 Å². The molecule has 0 bridgehead atoms. The summed E-state index contributed by atoms with van der Waals surface area (Å²) in [6.07, 6.45) is 58.9. The molecule has 0 aromatic heterocycles. The standard InChI is InChI=1S/C58H107N2O7P/c1-7-10-13-16-19-22-25-28-30-33-36-39-42-45-48-51-58(62)67-56(49-46-43-40-37-34-31-27-24-21-18-15-12-9-3)55(54-66-68(63,64)65-53-52-60(4,5)6)59-57(61)50-47-44-41-38-35-32-29-26-23-20-17-14-11-8-2/h11,14,19-20,22-23,25,28,46,49,55-56H,7-10,12-13,15-18,21,24,26-27,29-45,47-48,50-54H2,1-6H3,(H-,59,61,63,64)/b14-11+,22-19+,23-20+,28-25+,49-46+. The molecule has 0 aromatic rings. The van der Waals surface area contributed by atoms with Crippen LogP contribution in [0.2, 0.25) is 0 Å². The third kappa shape index (κ3) is 48.7. The first-order chi connectivity index (χ1) is 32.9. The summed E-state index contributed by atoms with van der Waals surface area (Å²) in [4.78, 5) is 39.8. The fraction of sp³-hybridized carbons (Fsp3) is 0.793. The lowest BCUT2D eigenvalue weighted by molar-refractivity contribution is -0.870. The highest BCUT2D eigenvalue weighted by Crippen LogP contribution is 2.38. The van der Waals surface area contributed by atoms with E-state index in [9.17, 15) is 19.0 Å². The number of ether oxygens (including phenoxy) is 1. The molecule has 0 rings (SSSR count). The molecule has 0 aromatic carbocycles. The molecule has 0 spiro atoms. The molecule has 0 fully saturated rings. The third-order valence-electron chi connectivity index (χ3n) is 12.2. The zero-order chi connectivity index (χ0) is 50.1. The number of nitrogens with one attached hydrogen (secondary N) is 1. The minimum Gasteiger partial charge on any atom is -0.756 e. The van der Waals surface area contributed by atoms with E-state index in [1.165, 1.54) is 103 Å². The molecule has 0 heterocycles. The van der Waals surface area contributed by atoms with E-state index in [-0.39, 0.29) is 24.9 Å². The molecule has 10 heteroatoms. The van der Waals surface area contributed by atoms with Crippen molar-refractivity contribution in [2.24, 2.45) is 0 Å². The molecule has 0 saturated carbocycles. The Morgan fingerprint density at radius 2 is 0.985 bits per heavy atom. The molecule has 68 heavy (non-hydrogen) atoms. The second kappa shape index (κ2) is 48.3. The van der Waals surface area contributed by atoms with E-state index in [1.54, 1.807) is 0 Å². The van der Waals surface area contributed by atoms with Crippen molar-refractivity contribution in [1.29, 1.82) is 0 Å². The maximum Gasteiger partial charge on any atom is 0.306 e. The number of esters is 1. The predicted molar refractivity (Wildman–Crippen MR) is 289 cm³/mol. The molecule has 3 atom stereocenters. The Bertz CT molecular complexity index is 1350. The monoisotopic (exact) mass is 975 g/mol. The van der Waals surface area contributed by atoms with Crippen LogP contribution in [-0.2, 0) is 27.9 Å². The number of hydrogen-bond donors (Lipinski definition) is 1. The van der Waals surface area contributed by atoms with Gasteiger partial charge < -0.3 is 28.5 Å². The smallest absolute Gasteiger partial charge is 0.306 e. The van der Waals surface area contributed by atoms with Gasteiger partial charge in [0, 0.05) is 12.8 Å². The van der Waals surface area contributed by atoms with Gasteiger partial charge in [0.2, 0.25) is 5.91 Å². The molecular formula is C58H107N2O7P. The topological polar surface area (TPSA) is 114 Å². The fourth-order valence-corrected chi connectivity index (χ4v) is 8.57. The van der Waals surface area contributed by atoms with Crippen molar-refractivity contribution in [3.8, 4) is 0 Å². The number of hydrogen-bond acceptors (Lipinski definition) is 7. The van der Waals surface area contributed by atoms with Crippen molar-refractivity contribution >= 4 is 19.7 Å². The Kier molecular flexibility index (Phi) is 46.7. The maximum absolute atomic E-state index is 13.5. The summed E-state index contributed by atoms with van der Waals surface area (Å²) >= 11 is 0. The molecule has 3 unspecified atom stereocenters. The average molecular weight is 975 g/mol. The van der Waals surface area contributed by atoms with Gasteiger partial charge >= 0.3 is 5.97 Å². The highest BCUT2D eigenvalue weighted by atomic mass is 31.2. The summed E-state index contributed by atoms with van der Waals surface area (Å²) in [5.41, 5.74) is 0. The number of quaternary nitrogens is 1. The summed E-state index contributed by atoms with van der Waals surface area (Å²) in [5, 5.41) is 3.01. The van der Waals surface area contributed by atoms with Crippen LogP contribution in [0.25, 0.3) is 0 Å². The SMILES string of the molecule is CC/C=C/C/C=C/CCCCCCCCCC(=O)NC(COP(=O)([O-])OCC[N+](C)(C)C)C(/C=C/CCCCCCCCCCCCC)OC(=O)CCCCCCCC/C=C/C=C/CCCCC. The van der Waals surface area contributed by atoms with Crippen LogP contribution in [0, 0.1) is 0 Å². The van der Waals surface area contributed by atoms with E-state index in [2.05, 4.69) is 74.7 Å². The number of phosphoric acid groups is 1. The zero-order valence-electron chi connectivity index (χ0n) is 45.1. The number of unbranched alkanes of at least 4 members (excludes halogenated alkanes) is 27. The van der Waals surface area contributed by atoms with Crippen LogP contribution in [0.4, 0.5) is 0 Å². The van der Waals surface area contributed by atoms with Gasteiger partial charge in [-0.1, -0.05) is 210 Å². The maximum atomic E-state index is 13.5. The average Bonchev–Trinajstić information content (AvgIpc) is 3.29. The van der Waals surface area contributed by atoms with Crippen molar-refractivity contribution < 1.29 is 37.3 Å². The second-order valence-electron chi connectivity index (χ2n) is 20.1. The predicted octanol–water partition coefficient (Wildman–Crippen LogP) is 16.1. The van der Waals surface area contributed by atoms with Gasteiger partial charge in [-0.25, -0.2) is 0 Å². The zero-order valence-corrected chi connectivity index (χ0v) is 45.9. The van der Waals surface area contributed by atoms with Crippen molar-refractivity contribution in [3.05, 3.63) is 60.8 Å². The molecule has 1 N–H and O–H groups in total. The minimum absolute atomic E-state index is 0.0273. The lowest BCUT2D eigenvalue weighted by Gasteiger charge is -2.30. The summed E-state index contributed by atoms with van der Waals surface area (Å²) in [6, 6.07) is -0.897. The number of allylic oxidation sites excluding steroid dienone is 9. The molecule has 0 saturated heterocycles. The summed E-state index contributed by atoms with van der Waals surface area (Å²) in [6.45, 7) is 6.69. The number of likely N-dealkylation sites (N-methyl/N-ethyl adjacent to an activating group) is 1. The molecule has 9 nitrogen and oxygen atoms in total. The summed E-state index contributed by atoms with van der Waals surface area (Å²) in [7, 11) is 1.17. The molecule has 0 aliphatic rings. The van der Waals surface area contributed by atoms with E-state index in [1.807, 2.05) is 33.3 Å². The van der Waals surface area contributed by atoms with Crippen LogP contribution < -0.4 is 10.2 Å². The lowest BCUT2D eigenvalue weighted by atomic mass is 10.0. The molecule has 396 valence electrons.